The minimum atomic E-state index is -3.13. The van der Waals surface area contributed by atoms with E-state index in [-0.39, 0.29) is 0 Å². The van der Waals surface area contributed by atoms with Crippen molar-refractivity contribution in [2.24, 2.45) is 0 Å². The number of nitrogens with zero attached hydrogens (tertiary/aromatic N) is 1. The van der Waals surface area contributed by atoms with Crippen LogP contribution in [0.2, 0.25) is 5.02 Å². The van der Waals surface area contributed by atoms with Gasteiger partial charge in [0.25, 0.3) is 0 Å². The molecule has 3 nitrogen and oxygen atoms in total. The van der Waals surface area contributed by atoms with E-state index in [1.807, 2.05) is 0 Å². The Hall–Kier alpha value is -0.320. The zero-order valence-electron chi connectivity index (χ0n) is 9.02. The maximum atomic E-state index is 11.3. The van der Waals surface area contributed by atoms with Gasteiger partial charge < -0.3 is 0 Å². The molecular weight excluding hydrogens is 269 g/mol. The zero-order valence-corrected chi connectivity index (χ0v) is 11.4. The van der Waals surface area contributed by atoms with Crippen LogP contribution in [0, 0.1) is 0 Å². The van der Waals surface area contributed by atoms with E-state index in [0.29, 0.717) is 11.4 Å². The first-order valence-corrected chi connectivity index (χ1v) is 7.50. The average molecular weight is 282 g/mol. The lowest BCUT2D eigenvalue weighted by molar-refractivity contribution is 0.584. The number of hydrogen-bond acceptors (Lipinski definition) is 3. The summed E-state index contributed by atoms with van der Waals surface area (Å²) in [4.78, 5) is 3.85. The monoisotopic (exact) mass is 281 g/mol. The van der Waals surface area contributed by atoms with E-state index in [0.717, 1.165) is 5.56 Å². The van der Waals surface area contributed by atoms with Crippen LogP contribution in [-0.4, -0.2) is 30.3 Å². The molecule has 0 aliphatic heterocycles. The molecule has 6 heteroatoms. The van der Waals surface area contributed by atoms with Gasteiger partial charge in [-0.15, -0.1) is 11.6 Å². The third-order valence-electron chi connectivity index (χ3n) is 2.46. The molecule has 0 radical (unpaired) electrons. The number of aromatic nitrogens is 1. The summed E-state index contributed by atoms with van der Waals surface area (Å²) >= 11 is 12.0. The van der Waals surface area contributed by atoms with Gasteiger partial charge in [-0.2, -0.15) is 0 Å². The largest absolute Gasteiger partial charge is 0.263 e. The Balaban J connectivity index is 2.80. The van der Waals surface area contributed by atoms with Crippen molar-refractivity contribution in [3.63, 3.8) is 0 Å². The molecule has 0 aromatic carbocycles. The molecule has 0 spiro atoms. The molecule has 0 bridgehead atoms. The van der Waals surface area contributed by atoms with Crippen LogP contribution in [0.1, 0.15) is 12.5 Å². The molecule has 0 aliphatic carbocycles. The van der Waals surface area contributed by atoms with Crippen molar-refractivity contribution in [3.8, 4) is 0 Å². The first-order valence-electron chi connectivity index (χ1n) is 4.73. The summed E-state index contributed by atoms with van der Waals surface area (Å²) in [7, 11) is -3.13. The predicted molar refractivity (Wildman–Crippen MR) is 66.9 cm³/mol. The molecule has 0 saturated carbocycles. The third kappa shape index (κ3) is 3.61. The Kier molecular flexibility index (Phi) is 4.59. The molecule has 0 N–H and O–H groups in total. The molecule has 2 unspecified atom stereocenters. The molecule has 16 heavy (non-hydrogen) atoms. The van der Waals surface area contributed by atoms with Gasteiger partial charge in [0.05, 0.1) is 15.6 Å². The fourth-order valence-corrected chi connectivity index (χ4v) is 2.77. The maximum absolute atomic E-state index is 11.3. The summed E-state index contributed by atoms with van der Waals surface area (Å²) in [5.74, 6) is 0. The van der Waals surface area contributed by atoms with E-state index in [1.165, 1.54) is 12.5 Å². The molecule has 0 fully saturated rings. The van der Waals surface area contributed by atoms with Gasteiger partial charge in [-0.3, -0.25) is 4.98 Å². The Morgan fingerprint density at radius 3 is 2.62 bits per heavy atom. The summed E-state index contributed by atoms with van der Waals surface area (Å²) in [5.41, 5.74) is 0.812. The normalized spacial score (nSPS) is 15.8. The van der Waals surface area contributed by atoms with Gasteiger partial charge in [-0.1, -0.05) is 11.6 Å². The van der Waals surface area contributed by atoms with Gasteiger partial charge in [-0.05, 0) is 25.0 Å². The van der Waals surface area contributed by atoms with Gasteiger partial charge >= 0.3 is 0 Å². The lowest BCUT2D eigenvalue weighted by atomic mass is 10.1. The topological polar surface area (TPSA) is 47.0 Å². The van der Waals surface area contributed by atoms with E-state index < -0.39 is 20.5 Å². The van der Waals surface area contributed by atoms with Crippen LogP contribution >= 0.6 is 23.2 Å². The lowest BCUT2D eigenvalue weighted by Gasteiger charge is -2.16. The summed E-state index contributed by atoms with van der Waals surface area (Å²) in [5, 5.41) is -0.581. The first kappa shape index (κ1) is 13.7. The fourth-order valence-electron chi connectivity index (χ4n) is 1.21. The number of sulfone groups is 1. The van der Waals surface area contributed by atoms with Gasteiger partial charge in [0.2, 0.25) is 0 Å². The van der Waals surface area contributed by atoms with E-state index in [2.05, 4.69) is 4.98 Å². The molecule has 90 valence electrons. The first-order chi connectivity index (χ1) is 7.32. The van der Waals surface area contributed by atoms with E-state index >= 15 is 0 Å². The minimum absolute atomic E-state index is 0.414. The van der Waals surface area contributed by atoms with Crippen LogP contribution < -0.4 is 0 Å². The van der Waals surface area contributed by atoms with Crippen LogP contribution in [0.15, 0.2) is 18.5 Å². The predicted octanol–water partition coefficient (Wildman–Crippen LogP) is 2.32. The SMILES string of the molecule is CC(C(Cl)Cc1ccncc1Cl)S(C)(=O)=O. The van der Waals surface area contributed by atoms with E-state index in [9.17, 15) is 8.42 Å². The molecule has 1 rings (SSSR count). The highest BCUT2D eigenvalue weighted by atomic mass is 35.5. The Bertz CT molecular complexity index is 462. The molecule has 2 atom stereocenters. The highest BCUT2D eigenvalue weighted by Crippen LogP contribution is 2.21. The molecular formula is C10H13Cl2NO2S. The van der Waals surface area contributed by atoms with Crippen LogP contribution in [0.4, 0.5) is 0 Å². The van der Waals surface area contributed by atoms with E-state index in [4.69, 9.17) is 23.2 Å². The molecule has 0 amide bonds. The van der Waals surface area contributed by atoms with Crippen molar-refractivity contribution in [2.45, 2.75) is 24.0 Å². The number of pyridine rings is 1. The number of halogens is 2. The highest BCUT2D eigenvalue weighted by Gasteiger charge is 2.24. The standard InChI is InChI=1S/C10H13Cl2NO2S/c1-7(16(2,14)15)9(11)5-8-3-4-13-6-10(8)12/h3-4,6-7,9H,5H2,1-2H3. The van der Waals surface area contributed by atoms with Crippen LogP contribution in [-0.2, 0) is 16.3 Å². The Morgan fingerprint density at radius 1 is 1.50 bits per heavy atom. The van der Waals surface area contributed by atoms with Crippen LogP contribution in [0.25, 0.3) is 0 Å². The maximum Gasteiger partial charge on any atom is 0.151 e. The van der Waals surface area contributed by atoms with Crippen LogP contribution in [0.3, 0.4) is 0 Å². The van der Waals surface area contributed by atoms with Crippen molar-refractivity contribution in [3.05, 3.63) is 29.0 Å². The average Bonchev–Trinajstić information content (AvgIpc) is 2.19. The van der Waals surface area contributed by atoms with Crippen LogP contribution in [0.5, 0.6) is 0 Å². The minimum Gasteiger partial charge on any atom is -0.263 e. The van der Waals surface area contributed by atoms with Gasteiger partial charge in [-0.25, -0.2) is 8.42 Å². The Morgan fingerprint density at radius 2 is 2.12 bits per heavy atom. The van der Waals surface area contributed by atoms with Gasteiger partial charge in [0.15, 0.2) is 9.84 Å². The smallest absolute Gasteiger partial charge is 0.151 e. The molecule has 1 heterocycles. The molecule has 0 saturated heterocycles. The van der Waals surface area contributed by atoms with Crippen molar-refractivity contribution in [2.75, 3.05) is 6.26 Å². The molecule has 0 aliphatic rings. The van der Waals surface area contributed by atoms with Crippen molar-refractivity contribution in [1.29, 1.82) is 0 Å². The summed E-state index contributed by atoms with van der Waals surface area (Å²) in [6.45, 7) is 1.60. The van der Waals surface area contributed by atoms with Gasteiger partial charge in [0, 0.05) is 18.6 Å². The van der Waals surface area contributed by atoms with Crippen molar-refractivity contribution < 1.29 is 8.42 Å². The second kappa shape index (κ2) is 5.34. The molecule has 1 aromatic heterocycles. The molecule has 1 aromatic rings. The van der Waals surface area contributed by atoms with Crippen molar-refractivity contribution >= 4 is 33.0 Å². The van der Waals surface area contributed by atoms with Crippen molar-refractivity contribution in [1.82, 2.24) is 4.98 Å². The highest BCUT2D eigenvalue weighted by molar-refractivity contribution is 7.91. The number of hydrogen-bond donors (Lipinski definition) is 0. The second-order valence-corrected chi connectivity index (χ2v) is 7.09. The quantitative estimate of drug-likeness (QED) is 0.796. The zero-order chi connectivity index (χ0) is 12.3. The number of rotatable bonds is 4. The fraction of sp³-hybridized carbons (Fsp3) is 0.500. The van der Waals surface area contributed by atoms with Gasteiger partial charge in [0.1, 0.15) is 0 Å². The summed E-state index contributed by atoms with van der Waals surface area (Å²) in [6.07, 6.45) is 4.72. The summed E-state index contributed by atoms with van der Waals surface area (Å²) < 4.78 is 22.6. The lowest BCUT2D eigenvalue weighted by Crippen LogP contribution is -2.28. The Labute approximate surface area is 106 Å². The number of alkyl halides is 1. The summed E-state index contributed by atoms with van der Waals surface area (Å²) in [6, 6.07) is 1.74. The second-order valence-electron chi connectivity index (χ2n) is 3.72. The van der Waals surface area contributed by atoms with E-state index in [1.54, 1.807) is 19.2 Å². The third-order valence-corrected chi connectivity index (χ3v) is 5.16.